The summed E-state index contributed by atoms with van der Waals surface area (Å²) in [6, 6.07) is 1.60. The molecule has 6 heteroatoms. The van der Waals surface area contributed by atoms with Crippen LogP contribution in [0.2, 0.25) is 0 Å². The minimum absolute atomic E-state index is 0.0123. The first-order valence-electron chi connectivity index (χ1n) is 4.35. The monoisotopic (exact) mass is 209 g/mol. The highest BCUT2D eigenvalue weighted by Crippen LogP contribution is 2.12. The number of nitrogens with one attached hydrogen (secondary N) is 2. The van der Waals surface area contributed by atoms with Crippen LogP contribution < -0.4 is 21.8 Å². The Bertz CT molecular complexity index is 403. The van der Waals surface area contributed by atoms with Crippen molar-refractivity contribution in [3.63, 3.8) is 0 Å². The van der Waals surface area contributed by atoms with Crippen molar-refractivity contribution >= 4 is 17.6 Å². The van der Waals surface area contributed by atoms with E-state index in [1.807, 2.05) is 0 Å². The molecule has 1 aromatic rings. The second-order valence-corrected chi connectivity index (χ2v) is 3.01. The fourth-order valence-electron chi connectivity index (χ4n) is 1.29. The van der Waals surface area contributed by atoms with E-state index in [2.05, 4.69) is 10.3 Å². The summed E-state index contributed by atoms with van der Waals surface area (Å²) in [5.41, 5.74) is 11.4. The van der Waals surface area contributed by atoms with Crippen molar-refractivity contribution in [2.75, 3.05) is 12.8 Å². The van der Waals surface area contributed by atoms with E-state index in [4.69, 9.17) is 11.5 Å². The molecule has 0 atom stereocenters. The van der Waals surface area contributed by atoms with Crippen molar-refractivity contribution in [2.45, 2.75) is 6.42 Å². The van der Waals surface area contributed by atoms with Crippen molar-refractivity contribution in [1.29, 1.82) is 0 Å². The number of aromatic nitrogens is 1. The first-order valence-corrected chi connectivity index (χ1v) is 4.35. The molecular weight excluding hydrogens is 196 g/mol. The van der Waals surface area contributed by atoms with Gasteiger partial charge in [-0.05, 0) is 11.6 Å². The Labute approximate surface area is 86.7 Å². The number of hydrogen-bond donors (Lipinski definition) is 3. The van der Waals surface area contributed by atoms with Gasteiger partial charge in [-0.25, -0.2) is 4.98 Å². The summed E-state index contributed by atoms with van der Waals surface area (Å²) in [4.78, 5) is 24.9. The highest BCUT2D eigenvalue weighted by Gasteiger charge is 2.19. The number of pyridine rings is 1. The van der Waals surface area contributed by atoms with E-state index in [-0.39, 0.29) is 23.7 Å². The van der Waals surface area contributed by atoms with Crippen LogP contribution in [0.3, 0.4) is 0 Å². The van der Waals surface area contributed by atoms with Gasteiger partial charge in [0.15, 0.2) is 0 Å². The number of nitrogen functional groups attached to an aromatic ring is 1. The molecule has 0 saturated carbocycles. The van der Waals surface area contributed by atoms with E-state index >= 15 is 0 Å². The molecule has 6 nitrogen and oxygen atoms in total. The summed E-state index contributed by atoms with van der Waals surface area (Å²) >= 11 is 0. The Hall–Kier alpha value is -2.11. The molecule has 1 rings (SSSR count). The molecule has 6 N–H and O–H groups in total. The Morgan fingerprint density at radius 2 is 2.20 bits per heavy atom. The third-order valence-electron chi connectivity index (χ3n) is 1.93. The van der Waals surface area contributed by atoms with Crippen molar-refractivity contribution < 1.29 is 14.6 Å². The predicted molar refractivity (Wildman–Crippen MR) is 53.7 cm³/mol. The second kappa shape index (κ2) is 4.41. The third kappa shape index (κ3) is 2.43. The van der Waals surface area contributed by atoms with Gasteiger partial charge in [-0.1, -0.05) is 0 Å². The molecular formula is C9H13N4O2+. The van der Waals surface area contributed by atoms with Gasteiger partial charge >= 0.3 is 0 Å². The predicted octanol–water partition coefficient (Wildman–Crippen LogP) is -1.53. The van der Waals surface area contributed by atoms with Crippen LogP contribution in [0.4, 0.5) is 5.82 Å². The maximum atomic E-state index is 11.5. The molecule has 0 aliphatic rings. The van der Waals surface area contributed by atoms with Gasteiger partial charge in [0, 0.05) is 7.05 Å². The van der Waals surface area contributed by atoms with Crippen molar-refractivity contribution in [3.8, 4) is 0 Å². The standard InChI is InChI=1S/C9H12N4O2/c1-12-9(15)7-5(4-6(10)14)2-3-13-8(7)11/h2-3H,4H2,1H3,(H2,10,14)(H2,11,13)(H,12,15)/p+1. The molecule has 0 radical (unpaired) electrons. The molecule has 0 aliphatic carbocycles. The molecule has 0 aliphatic heterocycles. The lowest BCUT2D eigenvalue weighted by Crippen LogP contribution is -2.27. The molecule has 0 aromatic carbocycles. The largest absolute Gasteiger partial charge is 0.369 e. The second-order valence-electron chi connectivity index (χ2n) is 3.01. The normalized spacial score (nSPS) is 9.67. The number of anilines is 1. The SMILES string of the molecule is CNC(=O)c1c(CC(N)=O)cc[nH+]c1N. The quantitative estimate of drug-likeness (QED) is 0.561. The van der Waals surface area contributed by atoms with Crippen LogP contribution in [0.1, 0.15) is 15.9 Å². The van der Waals surface area contributed by atoms with Crippen molar-refractivity contribution in [3.05, 3.63) is 23.4 Å². The van der Waals surface area contributed by atoms with Crippen LogP contribution >= 0.6 is 0 Å². The number of H-pyrrole nitrogens is 1. The molecule has 0 bridgehead atoms. The summed E-state index contributed by atoms with van der Waals surface area (Å²) in [7, 11) is 1.49. The summed E-state index contributed by atoms with van der Waals surface area (Å²) in [6.07, 6.45) is 1.54. The number of primary amides is 1. The van der Waals surface area contributed by atoms with Gasteiger partial charge in [-0.2, -0.15) is 0 Å². The van der Waals surface area contributed by atoms with Gasteiger partial charge in [-0.15, -0.1) is 0 Å². The van der Waals surface area contributed by atoms with Crippen LogP contribution in [0.25, 0.3) is 0 Å². The Morgan fingerprint density at radius 1 is 1.53 bits per heavy atom. The molecule has 1 aromatic heterocycles. The molecule has 0 unspecified atom stereocenters. The van der Waals surface area contributed by atoms with E-state index in [1.165, 1.54) is 7.05 Å². The number of carbonyl (C=O) groups excluding carboxylic acids is 2. The van der Waals surface area contributed by atoms with Gasteiger partial charge in [0.2, 0.25) is 5.91 Å². The number of carbonyl (C=O) groups is 2. The number of amides is 2. The van der Waals surface area contributed by atoms with Crippen molar-refractivity contribution in [1.82, 2.24) is 5.32 Å². The molecule has 2 amide bonds. The van der Waals surface area contributed by atoms with Crippen LogP contribution in [-0.4, -0.2) is 18.9 Å². The first kappa shape index (κ1) is 11.0. The third-order valence-corrected chi connectivity index (χ3v) is 1.93. The molecule has 0 fully saturated rings. The van der Waals surface area contributed by atoms with E-state index in [1.54, 1.807) is 12.3 Å². The van der Waals surface area contributed by atoms with Gasteiger partial charge in [0.25, 0.3) is 11.7 Å². The average Bonchev–Trinajstić information content (AvgIpc) is 2.16. The topological polar surface area (TPSA) is 112 Å². The lowest BCUT2D eigenvalue weighted by atomic mass is 10.1. The van der Waals surface area contributed by atoms with Gasteiger partial charge in [0.1, 0.15) is 5.56 Å². The first-order chi connectivity index (χ1) is 7.06. The summed E-state index contributed by atoms with van der Waals surface area (Å²) in [5, 5.41) is 2.44. The van der Waals surface area contributed by atoms with Crippen LogP contribution in [0.5, 0.6) is 0 Å². The lowest BCUT2D eigenvalue weighted by Gasteiger charge is -2.05. The van der Waals surface area contributed by atoms with E-state index in [0.29, 0.717) is 5.56 Å². The zero-order valence-electron chi connectivity index (χ0n) is 8.33. The smallest absolute Gasteiger partial charge is 0.283 e. The van der Waals surface area contributed by atoms with Gasteiger partial charge in [0.05, 0.1) is 12.6 Å². The van der Waals surface area contributed by atoms with Crippen LogP contribution in [-0.2, 0) is 11.2 Å². The highest BCUT2D eigenvalue weighted by molar-refractivity contribution is 6.00. The van der Waals surface area contributed by atoms with E-state index in [0.717, 1.165) is 0 Å². The van der Waals surface area contributed by atoms with Crippen LogP contribution in [0, 0.1) is 0 Å². The Morgan fingerprint density at radius 3 is 2.73 bits per heavy atom. The summed E-state index contributed by atoms with van der Waals surface area (Å²) < 4.78 is 0. The lowest BCUT2D eigenvalue weighted by molar-refractivity contribution is -0.360. The van der Waals surface area contributed by atoms with Crippen molar-refractivity contribution in [2.24, 2.45) is 5.73 Å². The van der Waals surface area contributed by atoms with E-state index < -0.39 is 5.91 Å². The molecule has 80 valence electrons. The Kier molecular flexibility index (Phi) is 3.22. The maximum absolute atomic E-state index is 11.5. The average molecular weight is 209 g/mol. The molecule has 1 heterocycles. The fraction of sp³-hybridized carbons (Fsp3) is 0.222. The van der Waals surface area contributed by atoms with Gasteiger partial charge < -0.3 is 11.1 Å². The summed E-state index contributed by atoms with van der Waals surface area (Å²) in [6.45, 7) is 0. The number of aromatic amines is 1. The number of nitrogens with two attached hydrogens (primary N) is 2. The fourth-order valence-corrected chi connectivity index (χ4v) is 1.29. The minimum Gasteiger partial charge on any atom is -0.369 e. The molecule has 0 saturated heterocycles. The molecule has 15 heavy (non-hydrogen) atoms. The highest BCUT2D eigenvalue weighted by atomic mass is 16.2. The zero-order valence-corrected chi connectivity index (χ0v) is 8.33. The summed E-state index contributed by atoms with van der Waals surface area (Å²) in [5.74, 6) is -0.639. The van der Waals surface area contributed by atoms with Crippen LogP contribution in [0.15, 0.2) is 12.3 Å². The number of hydrogen-bond acceptors (Lipinski definition) is 3. The maximum Gasteiger partial charge on any atom is 0.283 e. The zero-order chi connectivity index (χ0) is 11.4. The molecule has 0 spiro atoms. The Balaban J connectivity index is 3.20. The number of rotatable bonds is 3. The van der Waals surface area contributed by atoms with Gasteiger partial charge in [-0.3, -0.25) is 15.3 Å². The minimum atomic E-state index is -0.509. The van der Waals surface area contributed by atoms with E-state index in [9.17, 15) is 9.59 Å².